The zero-order valence-corrected chi connectivity index (χ0v) is 11.1. The molecular weight excluding hydrogens is 262 g/mol. The Bertz CT molecular complexity index is 559. The van der Waals surface area contributed by atoms with Gasteiger partial charge in [0.15, 0.2) is 5.11 Å². The van der Waals surface area contributed by atoms with Gasteiger partial charge >= 0.3 is 0 Å². The predicted molar refractivity (Wildman–Crippen MR) is 74.8 cm³/mol. The van der Waals surface area contributed by atoms with Crippen LogP contribution in [0.2, 0.25) is 0 Å². The van der Waals surface area contributed by atoms with E-state index in [9.17, 15) is 5.11 Å². The number of fused-ring (bicyclic) bond motifs is 1. The lowest BCUT2D eigenvalue weighted by Gasteiger charge is -2.34. The van der Waals surface area contributed by atoms with Crippen molar-refractivity contribution >= 4 is 17.3 Å². The Balaban J connectivity index is 1.85. The molecule has 0 saturated carbocycles. The highest BCUT2D eigenvalue weighted by Crippen LogP contribution is 2.31. The van der Waals surface area contributed by atoms with Crippen molar-refractivity contribution in [2.45, 2.75) is 12.5 Å². The van der Waals surface area contributed by atoms with Gasteiger partial charge in [0, 0.05) is 13.0 Å². The van der Waals surface area contributed by atoms with Crippen LogP contribution in [0.4, 0.5) is 0 Å². The molecule has 3 N–H and O–H groups in total. The number of hydrogen-bond acceptors (Lipinski definition) is 4. The third-order valence-corrected chi connectivity index (χ3v) is 3.65. The molecule has 2 aliphatic rings. The maximum Gasteiger partial charge on any atom is 0.200 e. The molecule has 0 bridgehead atoms. The fraction of sp³-hybridized carbons (Fsp3) is 0.308. The molecule has 0 aromatic heterocycles. The van der Waals surface area contributed by atoms with E-state index in [4.69, 9.17) is 22.7 Å². The highest BCUT2D eigenvalue weighted by atomic mass is 32.1. The van der Waals surface area contributed by atoms with E-state index in [1.165, 1.54) is 0 Å². The van der Waals surface area contributed by atoms with Gasteiger partial charge in [0.05, 0.1) is 17.9 Å². The van der Waals surface area contributed by atoms with Crippen molar-refractivity contribution in [3.05, 3.63) is 35.7 Å². The van der Waals surface area contributed by atoms with E-state index in [1.54, 1.807) is 24.4 Å². The van der Waals surface area contributed by atoms with E-state index in [1.807, 2.05) is 4.90 Å². The average Bonchev–Trinajstić information content (AvgIpc) is 2.79. The molecule has 19 heavy (non-hydrogen) atoms. The molecule has 0 amide bonds. The van der Waals surface area contributed by atoms with Crippen molar-refractivity contribution in [1.29, 1.82) is 0 Å². The van der Waals surface area contributed by atoms with Gasteiger partial charge in [-0.15, -0.1) is 0 Å². The number of phenolic OH excluding ortho intramolecular Hbond substituents is 1. The molecule has 3 rings (SSSR count). The number of nitrogens with two attached hydrogens (primary N) is 1. The van der Waals surface area contributed by atoms with Crippen LogP contribution in [0.1, 0.15) is 5.56 Å². The fourth-order valence-electron chi connectivity index (χ4n) is 2.45. The first-order valence-corrected chi connectivity index (χ1v) is 6.47. The van der Waals surface area contributed by atoms with Crippen LogP contribution in [0.25, 0.3) is 0 Å². The molecule has 6 heteroatoms. The van der Waals surface area contributed by atoms with Gasteiger partial charge in [-0.05, 0) is 36.0 Å². The highest BCUT2D eigenvalue weighted by Gasteiger charge is 2.32. The van der Waals surface area contributed by atoms with Crippen LogP contribution >= 0.6 is 12.2 Å². The van der Waals surface area contributed by atoms with Crippen LogP contribution in [-0.2, 0) is 6.42 Å². The lowest BCUT2D eigenvalue weighted by atomic mass is 10.0. The van der Waals surface area contributed by atoms with Crippen molar-refractivity contribution in [2.75, 3.05) is 13.2 Å². The summed E-state index contributed by atoms with van der Waals surface area (Å²) in [6.07, 6.45) is 2.46. The number of nitrogens with zero attached hydrogens (tertiary/aromatic N) is 2. The summed E-state index contributed by atoms with van der Waals surface area (Å²) in [6.45, 7) is 0.928. The van der Waals surface area contributed by atoms with Gasteiger partial charge in [-0.25, -0.2) is 5.32 Å². The minimum absolute atomic E-state index is 0.0721. The highest BCUT2D eigenvalue weighted by molar-refractivity contribution is 7.80. The van der Waals surface area contributed by atoms with E-state index in [0.29, 0.717) is 18.3 Å². The Hall–Kier alpha value is -1.79. The maximum absolute atomic E-state index is 9.55. The molecule has 1 radical (unpaired) electrons. The van der Waals surface area contributed by atoms with Gasteiger partial charge in [-0.2, -0.15) is 0 Å². The van der Waals surface area contributed by atoms with Crippen LogP contribution in [0.5, 0.6) is 11.5 Å². The van der Waals surface area contributed by atoms with Crippen LogP contribution in [0, 0.1) is 0 Å². The van der Waals surface area contributed by atoms with Gasteiger partial charge in [0.25, 0.3) is 0 Å². The second-order valence-electron chi connectivity index (χ2n) is 4.57. The SMILES string of the molecule is NCC1=C[N]C(=S)N1[C@H]1COc2ccc(O)cc2C1. The lowest BCUT2D eigenvalue weighted by molar-refractivity contribution is 0.197. The molecule has 0 unspecified atom stereocenters. The number of aromatic hydroxyl groups is 1. The summed E-state index contributed by atoms with van der Waals surface area (Å²) in [5.74, 6) is 1.06. The molecule has 0 spiro atoms. The van der Waals surface area contributed by atoms with E-state index in [2.05, 4.69) is 5.32 Å². The van der Waals surface area contributed by atoms with Crippen molar-refractivity contribution in [1.82, 2.24) is 10.2 Å². The van der Waals surface area contributed by atoms with Crippen LogP contribution in [0.3, 0.4) is 0 Å². The van der Waals surface area contributed by atoms with Crippen LogP contribution < -0.4 is 15.8 Å². The van der Waals surface area contributed by atoms with Gasteiger partial charge in [-0.3, -0.25) is 0 Å². The summed E-state index contributed by atoms with van der Waals surface area (Å²) in [5.41, 5.74) is 7.58. The number of thiocarbonyl (C=S) groups is 1. The summed E-state index contributed by atoms with van der Waals surface area (Å²) in [4.78, 5) is 1.95. The average molecular weight is 276 g/mol. The molecular formula is C13H14N3O2S. The Morgan fingerprint density at radius 3 is 3.16 bits per heavy atom. The topological polar surface area (TPSA) is 72.8 Å². The standard InChI is InChI=1S/C13H14N3O2S/c14-5-10-6-15-13(19)16(10)9-3-8-4-11(17)1-2-12(8)18-7-9/h1-2,4,6,9,17H,3,5,7,14H2/t9-/m1/s1. The van der Waals surface area contributed by atoms with Crippen molar-refractivity contribution in [3.63, 3.8) is 0 Å². The third-order valence-electron chi connectivity index (χ3n) is 3.34. The van der Waals surface area contributed by atoms with Gasteiger partial charge in [0.1, 0.15) is 18.1 Å². The largest absolute Gasteiger partial charge is 0.508 e. The quantitative estimate of drug-likeness (QED) is 0.778. The minimum atomic E-state index is 0.0721. The zero-order chi connectivity index (χ0) is 13.4. The van der Waals surface area contributed by atoms with Crippen LogP contribution in [0.15, 0.2) is 30.1 Å². The maximum atomic E-state index is 9.55. The molecule has 0 saturated heterocycles. The van der Waals surface area contributed by atoms with Crippen molar-refractivity contribution in [3.8, 4) is 11.5 Å². The van der Waals surface area contributed by atoms with E-state index < -0.39 is 0 Å². The number of ether oxygens (including phenoxy) is 1. The Kier molecular flexibility index (Phi) is 3.04. The van der Waals surface area contributed by atoms with Gasteiger partial charge in [0.2, 0.25) is 0 Å². The fourth-order valence-corrected chi connectivity index (χ4v) is 2.77. The molecule has 1 aromatic carbocycles. The van der Waals surface area contributed by atoms with Crippen molar-refractivity contribution < 1.29 is 9.84 Å². The molecule has 2 heterocycles. The number of benzene rings is 1. The first-order chi connectivity index (χ1) is 9.19. The molecule has 0 aliphatic carbocycles. The summed E-state index contributed by atoms with van der Waals surface area (Å²) < 4.78 is 5.72. The van der Waals surface area contributed by atoms with Crippen LogP contribution in [-0.4, -0.2) is 34.3 Å². The van der Waals surface area contributed by atoms with E-state index >= 15 is 0 Å². The third kappa shape index (κ3) is 2.13. The van der Waals surface area contributed by atoms with Gasteiger partial charge in [-0.1, -0.05) is 0 Å². The molecule has 5 nitrogen and oxygen atoms in total. The van der Waals surface area contributed by atoms with Gasteiger partial charge < -0.3 is 20.5 Å². The lowest BCUT2D eigenvalue weighted by Crippen LogP contribution is -2.45. The second kappa shape index (κ2) is 4.71. The monoisotopic (exact) mass is 276 g/mol. The molecule has 1 atom stereocenters. The van der Waals surface area contributed by atoms with E-state index in [-0.39, 0.29) is 11.8 Å². The summed E-state index contributed by atoms with van der Waals surface area (Å²) in [6, 6.07) is 5.21. The number of phenols is 1. The molecule has 99 valence electrons. The summed E-state index contributed by atoms with van der Waals surface area (Å²) >= 11 is 5.24. The predicted octanol–water partition coefficient (Wildman–Crippen LogP) is 0.701. The van der Waals surface area contributed by atoms with Crippen molar-refractivity contribution in [2.24, 2.45) is 5.73 Å². The smallest absolute Gasteiger partial charge is 0.200 e. The zero-order valence-electron chi connectivity index (χ0n) is 10.2. The molecule has 1 aromatic rings. The number of hydrogen-bond donors (Lipinski definition) is 2. The molecule has 0 fully saturated rings. The number of rotatable bonds is 2. The summed E-state index contributed by atoms with van der Waals surface area (Å²) in [7, 11) is 0. The minimum Gasteiger partial charge on any atom is -0.508 e. The first-order valence-electron chi connectivity index (χ1n) is 6.07. The van der Waals surface area contributed by atoms with E-state index in [0.717, 1.165) is 23.4 Å². The molecule has 2 aliphatic heterocycles. The Morgan fingerprint density at radius 1 is 1.53 bits per heavy atom. The normalized spacial score (nSPS) is 21.5. The first kappa shape index (κ1) is 12.3. The second-order valence-corrected chi connectivity index (χ2v) is 4.93. The summed E-state index contributed by atoms with van der Waals surface area (Å²) in [5, 5.41) is 14.2. The Morgan fingerprint density at radius 2 is 2.37 bits per heavy atom. The Labute approximate surface area is 116 Å².